The van der Waals surface area contributed by atoms with E-state index in [1.807, 2.05) is 12.1 Å². The van der Waals surface area contributed by atoms with Crippen LogP contribution in [-0.4, -0.2) is 16.1 Å². The fraction of sp³-hybridized carbons (Fsp3) is 0.545. The van der Waals surface area contributed by atoms with Crippen molar-refractivity contribution < 1.29 is 4.79 Å². The summed E-state index contributed by atoms with van der Waals surface area (Å²) in [6, 6.07) is 3.74. The fourth-order valence-electron chi connectivity index (χ4n) is 2.17. The summed E-state index contributed by atoms with van der Waals surface area (Å²) in [5, 5.41) is 0. The molecule has 2 rings (SSSR count). The first kappa shape index (κ1) is 10.2. The van der Waals surface area contributed by atoms with Crippen molar-refractivity contribution in [3.8, 4) is 0 Å². The molecule has 0 saturated heterocycles. The first-order chi connectivity index (χ1) is 7.18. The van der Waals surface area contributed by atoms with E-state index in [-0.39, 0.29) is 11.4 Å². The summed E-state index contributed by atoms with van der Waals surface area (Å²) in [5.74, 6) is -0.00407. The van der Waals surface area contributed by atoms with Crippen molar-refractivity contribution in [3.63, 3.8) is 0 Å². The van der Waals surface area contributed by atoms with Gasteiger partial charge >= 0.3 is 0 Å². The number of amides is 1. The van der Waals surface area contributed by atoms with Crippen LogP contribution in [0.2, 0.25) is 0 Å². The van der Waals surface area contributed by atoms with E-state index in [4.69, 9.17) is 5.73 Å². The molecule has 1 aromatic rings. The van der Waals surface area contributed by atoms with Crippen LogP contribution in [0.1, 0.15) is 32.1 Å². The van der Waals surface area contributed by atoms with E-state index < -0.39 is 0 Å². The zero-order chi connectivity index (χ0) is 10.7. The van der Waals surface area contributed by atoms with Crippen LogP contribution >= 0.6 is 0 Å². The van der Waals surface area contributed by atoms with Crippen LogP contribution in [0.3, 0.4) is 0 Å². The summed E-state index contributed by atoms with van der Waals surface area (Å²) in [6.07, 6.45) is 8.25. The molecule has 1 saturated carbocycles. The number of nitrogens with one attached hydrogen (secondary N) is 1. The molecule has 4 heteroatoms. The van der Waals surface area contributed by atoms with Gasteiger partial charge in [-0.1, -0.05) is 12.8 Å². The van der Waals surface area contributed by atoms with Gasteiger partial charge in [0.25, 0.3) is 0 Å². The van der Waals surface area contributed by atoms with Crippen LogP contribution in [0.15, 0.2) is 24.5 Å². The van der Waals surface area contributed by atoms with E-state index in [0.717, 1.165) is 25.7 Å². The van der Waals surface area contributed by atoms with Gasteiger partial charge < -0.3 is 5.73 Å². The Labute approximate surface area is 89.4 Å². The summed E-state index contributed by atoms with van der Waals surface area (Å²) in [5.41, 5.74) is 8.62. The number of carbonyl (C=O) groups excluding carboxylic acids is 1. The van der Waals surface area contributed by atoms with E-state index >= 15 is 0 Å². The molecule has 0 atom stereocenters. The molecule has 82 valence electrons. The van der Waals surface area contributed by atoms with Gasteiger partial charge in [-0.2, -0.15) is 0 Å². The Morgan fingerprint density at radius 1 is 1.33 bits per heavy atom. The molecule has 1 heterocycles. The highest BCUT2D eigenvalue weighted by atomic mass is 16.2. The minimum Gasteiger partial charge on any atom is -0.325 e. The third kappa shape index (κ3) is 2.59. The fourth-order valence-corrected chi connectivity index (χ4v) is 2.17. The number of nitrogens with zero attached hydrogens (tertiary/aromatic N) is 1. The van der Waals surface area contributed by atoms with Crippen LogP contribution in [0.25, 0.3) is 0 Å². The van der Waals surface area contributed by atoms with Gasteiger partial charge in [0.2, 0.25) is 5.91 Å². The van der Waals surface area contributed by atoms with Crippen molar-refractivity contribution >= 4 is 5.91 Å². The maximum atomic E-state index is 11.7. The van der Waals surface area contributed by atoms with E-state index in [1.54, 1.807) is 17.1 Å². The molecule has 0 radical (unpaired) electrons. The van der Waals surface area contributed by atoms with Crippen LogP contribution < -0.4 is 11.2 Å². The predicted molar refractivity (Wildman–Crippen MR) is 58.8 cm³/mol. The lowest BCUT2D eigenvalue weighted by Gasteiger charge is -2.22. The second kappa shape index (κ2) is 4.06. The van der Waals surface area contributed by atoms with E-state index in [9.17, 15) is 4.79 Å². The van der Waals surface area contributed by atoms with Crippen LogP contribution in [0.5, 0.6) is 0 Å². The Morgan fingerprint density at radius 2 is 1.93 bits per heavy atom. The minimum atomic E-state index is -0.267. The van der Waals surface area contributed by atoms with Gasteiger partial charge in [0.05, 0.1) is 0 Å². The normalized spacial score (nSPS) is 19.0. The molecular formula is C11H17N3O. The Bertz CT molecular complexity index is 326. The largest absolute Gasteiger partial charge is 0.325 e. The number of carbonyl (C=O) groups is 1. The lowest BCUT2D eigenvalue weighted by molar-refractivity contribution is -0.118. The first-order valence-corrected chi connectivity index (χ1v) is 5.40. The SMILES string of the molecule is NC1(CC(=O)Nn2cccc2)CCCC1. The highest BCUT2D eigenvalue weighted by Crippen LogP contribution is 2.29. The second-order valence-corrected chi connectivity index (χ2v) is 4.37. The topological polar surface area (TPSA) is 60.1 Å². The van der Waals surface area contributed by atoms with Crippen molar-refractivity contribution in [1.82, 2.24) is 4.68 Å². The lowest BCUT2D eigenvalue weighted by Crippen LogP contribution is -2.41. The smallest absolute Gasteiger partial charge is 0.240 e. The molecule has 0 spiro atoms. The predicted octanol–water partition coefficient (Wildman–Crippen LogP) is 1.22. The van der Waals surface area contributed by atoms with Crippen LogP contribution in [0, 0.1) is 0 Å². The highest BCUT2D eigenvalue weighted by Gasteiger charge is 2.31. The summed E-state index contributed by atoms with van der Waals surface area (Å²) < 4.78 is 1.65. The van der Waals surface area contributed by atoms with Crippen molar-refractivity contribution in [2.45, 2.75) is 37.6 Å². The Morgan fingerprint density at radius 3 is 2.53 bits per heavy atom. The molecule has 0 bridgehead atoms. The maximum Gasteiger partial charge on any atom is 0.240 e. The summed E-state index contributed by atoms with van der Waals surface area (Å²) in [4.78, 5) is 11.7. The summed E-state index contributed by atoms with van der Waals surface area (Å²) in [6.45, 7) is 0. The highest BCUT2D eigenvalue weighted by molar-refractivity contribution is 5.84. The zero-order valence-corrected chi connectivity index (χ0v) is 8.78. The molecule has 0 aromatic carbocycles. The molecule has 0 unspecified atom stereocenters. The molecule has 1 amide bonds. The Kier molecular flexibility index (Phi) is 2.77. The lowest BCUT2D eigenvalue weighted by atomic mass is 9.94. The van der Waals surface area contributed by atoms with Crippen molar-refractivity contribution in [2.75, 3.05) is 5.43 Å². The second-order valence-electron chi connectivity index (χ2n) is 4.37. The Balaban J connectivity index is 1.87. The average Bonchev–Trinajstić information content (AvgIpc) is 2.76. The monoisotopic (exact) mass is 207 g/mol. The quantitative estimate of drug-likeness (QED) is 0.783. The van der Waals surface area contributed by atoms with E-state index in [1.165, 1.54) is 0 Å². The minimum absolute atomic E-state index is 0.00407. The van der Waals surface area contributed by atoms with Crippen LogP contribution in [0.4, 0.5) is 0 Å². The standard InChI is InChI=1S/C11H17N3O/c12-11(5-1-2-6-11)9-10(15)13-14-7-3-4-8-14/h3-4,7-8H,1-2,5-6,9,12H2,(H,13,15). The maximum absolute atomic E-state index is 11.7. The summed E-state index contributed by atoms with van der Waals surface area (Å²) >= 11 is 0. The molecule has 0 aliphatic heterocycles. The molecule has 1 aliphatic rings. The molecule has 4 nitrogen and oxygen atoms in total. The van der Waals surface area contributed by atoms with Gasteiger partial charge in [-0.3, -0.25) is 14.9 Å². The third-order valence-electron chi connectivity index (χ3n) is 2.97. The van der Waals surface area contributed by atoms with E-state index in [0.29, 0.717) is 6.42 Å². The van der Waals surface area contributed by atoms with Crippen molar-refractivity contribution in [3.05, 3.63) is 24.5 Å². The number of nitrogens with two attached hydrogens (primary N) is 1. The van der Waals surface area contributed by atoms with Gasteiger partial charge in [0.15, 0.2) is 0 Å². The number of aromatic nitrogens is 1. The van der Waals surface area contributed by atoms with Gasteiger partial charge in [-0.05, 0) is 25.0 Å². The van der Waals surface area contributed by atoms with Gasteiger partial charge in [0, 0.05) is 24.4 Å². The average molecular weight is 207 g/mol. The number of hydrogen-bond acceptors (Lipinski definition) is 2. The summed E-state index contributed by atoms with van der Waals surface area (Å²) in [7, 11) is 0. The van der Waals surface area contributed by atoms with Crippen molar-refractivity contribution in [1.29, 1.82) is 0 Å². The van der Waals surface area contributed by atoms with Crippen LogP contribution in [-0.2, 0) is 4.79 Å². The molecule has 1 aromatic heterocycles. The van der Waals surface area contributed by atoms with Crippen molar-refractivity contribution in [2.24, 2.45) is 5.73 Å². The number of hydrogen-bond donors (Lipinski definition) is 2. The van der Waals surface area contributed by atoms with Gasteiger partial charge in [0.1, 0.15) is 0 Å². The third-order valence-corrected chi connectivity index (χ3v) is 2.97. The first-order valence-electron chi connectivity index (χ1n) is 5.40. The molecular weight excluding hydrogens is 190 g/mol. The molecule has 1 aliphatic carbocycles. The molecule has 1 fully saturated rings. The molecule has 15 heavy (non-hydrogen) atoms. The van der Waals surface area contributed by atoms with Gasteiger partial charge in [-0.15, -0.1) is 0 Å². The number of rotatable bonds is 3. The van der Waals surface area contributed by atoms with Gasteiger partial charge in [-0.25, -0.2) is 0 Å². The van der Waals surface area contributed by atoms with E-state index in [2.05, 4.69) is 5.43 Å². The zero-order valence-electron chi connectivity index (χ0n) is 8.78. The molecule has 3 N–H and O–H groups in total. The Hall–Kier alpha value is -1.29.